The Balaban J connectivity index is 1.66. The van der Waals surface area contributed by atoms with Gasteiger partial charge in [-0.25, -0.2) is 14.4 Å². The zero-order chi connectivity index (χ0) is 17.4. The Morgan fingerprint density at radius 2 is 1.92 bits per heavy atom. The first-order valence-corrected chi connectivity index (χ1v) is 8.92. The highest BCUT2D eigenvalue weighted by atomic mass is 32.1. The van der Waals surface area contributed by atoms with Crippen molar-refractivity contribution in [3.8, 4) is 10.4 Å². The number of halogens is 1. The van der Waals surface area contributed by atoms with E-state index in [1.165, 1.54) is 12.1 Å². The third-order valence-electron chi connectivity index (χ3n) is 4.56. The van der Waals surface area contributed by atoms with Gasteiger partial charge in [-0.1, -0.05) is 12.1 Å². The maximum atomic E-state index is 13.1. The van der Waals surface area contributed by atoms with Crippen LogP contribution in [0.3, 0.4) is 0 Å². The zero-order valence-corrected chi connectivity index (χ0v) is 14.2. The standard InChI is InChI=1S/C18H16FN3O2S/c19-13-3-1-11(2-4-13)15-9-14-16(25-15)17(21-10-20-14)22-7-5-12(6-8-22)18(23)24/h1-4,9-10,12H,5-8H2,(H,23,24). The van der Waals surface area contributed by atoms with Crippen LogP contribution in [0.25, 0.3) is 20.7 Å². The Kier molecular flexibility index (Phi) is 4.09. The molecular weight excluding hydrogens is 341 g/mol. The van der Waals surface area contributed by atoms with Crippen molar-refractivity contribution in [3.05, 3.63) is 42.5 Å². The van der Waals surface area contributed by atoms with Crippen molar-refractivity contribution in [1.82, 2.24) is 9.97 Å². The maximum absolute atomic E-state index is 13.1. The van der Waals surface area contributed by atoms with Crippen LogP contribution in [0.5, 0.6) is 0 Å². The number of carboxylic acids is 1. The topological polar surface area (TPSA) is 66.3 Å². The predicted octanol–water partition coefficient (Wildman–Crippen LogP) is 3.80. The average Bonchev–Trinajstić information content (AvgIpc) is 3.06. The van der Waals surface area contributed by atoms with Gasteiger partial charge in [-0.3, -0.25) is 4.79 Å². The number of benzene rings is 1. The van der Waals surface area contributed by atoms with Crippen molar-refractivity contribution in [2.45, 2.75) is 12.8 Å². The summed E-state index contributed by atoms with van der Waals surface area (Å²) in [4.78, 5) is 23.1. The molecular formula is C18H16FN3O2S. The molecule has 0 radical (unpaired) electrons. The Morgan fingerprint density at radius 3 is 2.60 bits per heavy atom. The van der Waals surface area contributed by atoms with Gasteiger partial charge in [0, 0.05) is 18.0 Å². The van der Waals surface area contributed by atoms with Crippen LogP contribution in [0.15, 0.2) is 36.7 Å². The summed E-state index contributed by atoms with van der Waals surface area (Å²) in [5, 5.41) is 9.15. The average molecular weight is 357 g/mol. The van der Waals surface area contributed by atoms with Crippen LogP contribution < -0.4 is 4.90 Å². The number of hydrogen-bond acceptors (Lipinski definition) is 5. The highest BCUT2D eigenvalue weighted by Gasteiger charge is 2.26. The van der Waals surface area contributed by atoms with Crippen molar-refractivity contribution in [2.75, 3.05) is 18.0 Å². The number of hydrogen-bond donors (Lipinski definition) is 1. The predicted molar refractivity (Wildman–Crippen MR) is 95.4 cm³/mol. The molecule has 1 aromatic carbocycles. The minimum absolute atomic E-state index is 0.258. The van der Waals surface area contributed by atoms with Gasteiger partial charge in [0.25, 0.3) is 0 Å². The number of carbonyl (C=O) groups is 1. The molecule has 0 unspecified atom stereocenters. The van der Waals surface area contributed by atoms with E-state index in [2.05, 4.69) is 14.9 Å². The molecule has 25 heavy (non-hydrogen) atoms. The molecule has 1 fully saturated rings. The molecule has 3 heterocycles. The van der Waals surface area contributed by atoms with Crippen LogP contribution in [-0.4, -0.2) is 34.1 Å². The Bertz CT molecular complexity index is 918. The van der Waals surface area contributed by atoms with E-state index in [-0.39, 0.29) is 11.7 Å². The Labute approximate surface area is 147 Å². The summed E-state index contributed by atoms with van der Waals surface area (Å²) >= 11 is 1.58. The molecule has 0 saturated carbocycles. The van der Waals surface area contributed by atoms with Crippen molar-refractivity contribution < 1.29 is 14.3 Å². The number of aromatic nitrogens is 2. The fraction of sp³-hybridized carbons (Fsp3) is 0.278. The first kappa shape index (κ1) is 16.0. The van der Waals surface area contributed by atoms with Gasteiger partial charge in [-0.05, 0) is 36.6 Å². The maximum Gasteiger partial charge on any atom is 0.306 e. The summed E-state index contributed by atoms with van der Waals surface area (Å²) in [5.74, 6) is -0.396. The molecule has 7 heteroatoms. The number of aliphatic carboxylic acids is 1. The van der Waals surface area contributed by atoms with Crippen molar-refractivity contribution in [2.24, 2.45) is 5.92 Å². The second-order valence-corrected chi connectivity index (χ2v) is 7.18. The van der Waals surface area contributed by atoms with Crippen molar-refractivity contribution >= 4 is 33.3 Å². The first-order valence-electron chi connectivity index (χ1n) is 8.10. The Hall–Kier alpha value is -2.54. The second-order valence-electron chi connectivity index (χ2n) is 6.13. The van der Waals surface area contributed by atoms with Crippen LogP contribution in [0.1, 0.15) is 12.8 Å². The van der Waals surface area contributed by atoms with E-state index in [1.807, 2.05) is 6.07 Å². The number of thiophene rings is 1. The molecule has 1 saturated heterocycles. The molecule has 128 valence electrons. The Morgan fingerprint density at radius 1 is 1.20 bits per heavy atom. The number of nitrogens with zero attached hydrogens (tertiary/aromatic N) is 3. The highest BCUT2D eigenvalue weighted by Crippen LogP contribution is 2.37. The molecule has 0 bridgehead atoms. The van der Waals surface area contributed by atoms with Gasteiger partial charge in [0.2, 0.25) is 0 Å². The number of rotatable bonds is 3. The third-order valence-corrected chi connectivity index (χ3v) is 5.73. The third kappa shape index (κ3) is 3.07. The highest BCUT2D eigenvalue weighted by molar-refractivity contribution is 7.22. The van der Waals surface area contributed by atoms with E-state index in [1.54, 1.807) is 29.8 Å². The summed E-state index contributed by atoms with van der Waals surface area (Å²) < 4.78 is 14.1. The second kappa shape index (κ2) is 6.40. The fourth-order valence-corrected chi connectivity index (χ4v) is 4.30. The number of fused-ring (bicyclic) bond motifs is 1. The largest absolute Gasteiger partial charge is 0.481 e. The number of carboxylic acid groups (broad SMARTS) is 1. The van der Waals surface area contributed by atoms with Crippen LogP contribution in [0.2, 0.25) is 0 Å². The van der Waals surface area contributed by atoms with E-state index in [0.29, 0.717) is 25.9 Å². The van der Waals surface area contributed by atoms with E-state index in [0.717, 1.165) is 26.5 Å². The van der Waals surface area contributed by atoms with Crippen LogP contribution >= 0.6 is 11.3 Å². The van der Waals surface area contributed by atoms with E-state index >= 15 is 0 Å². The van der Waals surface area contributed by atoms with E-state index in [4.69, 9.17) is 5.11 Å². The summed E-state index contributed by atoms with van der Waals surface area (Å²) in [5.41, 5.74) is 1.80. The van der Waals surface area contributed by atoms with Gasteiger partial charge in [-0.15, -0.1) is 11.3 Å². The van der Waals surface area contributed by atoms with Gasteiger partial charge in [0.1, 0.15) is 18.0 Å². The fourth-order valence-electron chi connectivity index (χ4n) is 3.16. The minimum Gasteiger partial charge on any atom is -0.481 e. The summed E-state index contributed by atoms with van der Waals surface area (Å²) in [6.07, 6.45) is 2.79. The minimum atomic E-state index is -0.720. The normalized spacial score (nSPS) is 15.6. The van der Waals surface area contributed by atoms with Crippen molar-refractivity contribution in [1.29, 1.82) is 0 Å². The SMILES string of the molecule is O=C(O)C1CCN(c2ncnc3cc(-c4ccc(F)cc4)sc23)CC1. The lowest BCUT2D eigenvalue weighted by atomic mass is 9.97. The molecule has 0 aliphatic carbocycles. The molecule has 2 aromatic heterocycles. The van der Waals surface area contributed by atoms with Crippen LogP contribution in [0, 0.1) is 11.7 Å². The van der Waals surface area contributed by atoms with Crippen molar-refractivity contribution in [3.63, 3.8) is 0 Å². The molecule has 1 aliphatic heterocycles. The van der Waals surface area contributed by atoms with E-state index < -0.39 is 5.97 Å². The zero-order valence-electron chi connectivity index (χ0n) is 13.4. The van der Waals surface area contributed by atoms with E-state index in [9.17, 15) is 9.18 Å². The first-order chi connectivity index (χ1) is 12.1. The molecule has 0 atom stereocenters. The lowest BCUT2D eigenvalue weighted by Gasteiger charge is -2.31. The monoisotopic (exact) mass is 357 g/mol. The molecule has 0 amide bonds. The molecule has 1 aliphatic rings. The molecule has 5 nitrogen and oxygen atoms in total. The lowest BCUT2D eigenvalue weighted by molar-refractivity contribution is -0.142. The summed E-state index contributed by atoms with van der Waals surface area (Å²) in [6.45, 7) is 1.35. The quantitative estimate of drug-likeness (QED) is 0.772. The smallest absolute Gasteiger partial charge is 0.306 e. The molecule has 0 spiro atoms. The van der Waals surface area contributed by atoms with Gasteiger partial charge in [0.15, 0.2) is 0 Å². The summed E-state index contributed by atoms with van der Waals surface area (Å²) in [6, 6.07) is 8.39. The molecule has 1 N–H and O–H groups in total. The summed E-state index contributed by atoms with van der Waals surface area (Å²) in [7, 11) is 0. The lowest BCUT2D eigenvalue weighted by Crippen LogP contribution is -2.36. The van der Waals surface area contributed by atoms with Gasteiger partial charge >= 0.3 is 5.97 Å². The van der Waals surface area contributed by atoms with Gasteiger partial charge in [0.05, 0.1) is 16.1 Å². The van der Waals surface area contributed by atoms with Gasteiger partial charge in [-0.2, -0.15) is 0 Å². The number of anilines is 1. The van der Waals surface area contributed by atoms with Crippen LogP contribution in [0.4, 0.5) is 10.2 Å². The van der Waals surface area contributed by atoms with Gasteiger partial charge < -0.3 is 10.0 Å². The number of piperidine rings is 1. The van der Waals surface area contributed by atoms with Crippen LogP contribution in [-0.2, 0) is 4.79 Å². The molecule has 3 aromatic rings. The molecule has 4 rings (SSSR count).